The number of nitrogens with one attached hydrogen (secondary N) is 1. The first-order valence-electron chi connectivity index (χ1n) is 10.0. The quantitative estimate of drug-likeness (QED) is 0.250. The Labute approximate surface area is 194 Å². The van der Waals surface area contributed by atoms with Gasteiger partial charge in [0.25, 0.3) is 5.56 Å². The Kier molecular flexibility index (Phi) is 6.30. The summed E-state index contributed by atoms with van der Waals surface area (Å²) in [6.07, 6.45) is 1.55. The number of nitrogens with zero attached hydrogens (tertiary/aromatic N) is 3. The zero-order chi connectivity index (χ0) is 22.8. The van der Waals surface area contributed by atoms with Gasteiger partial charge in [0.05, 0.1) is 27.5 Å². The van der Waals surface area contributed by atoms with Crippen molar-refractivity contribution in [2.24, 2.45) is 0 Å². The van der Waals surface area contributed by atoms with Crippen molar-refractivity contribution < 1.29 is 4.79 Å². The summed E-state index contributed by atoms with van der Waals surface area (Å²) in [4.78, 5) is 35.1. The van der Waals surface area contributed by atoms with Gasteiger partial charge in [0.1, 0.15) is 0 Å². The van der Waals surface area contributed by atoms with Crippen molar-refractivity contribution in [2.45, 2.75) is 31.2 Å². The third-order valence-corrected chi connectivity index (χ3v) is 6.37. The van der Waals surface area contributed by atoms with Crippen molar-refractivity contribution in [3.63, 3.8) is 0 Å². The van der Waals surface area contributed by atoms with Crippen LogP contribution in [0.4, 0.5) is 5.69 Å². The van der Waals surface area contributed by atoms with Crippen LogP contribution in [0.3, 0.4) is 0 Å². The summed E-state index contributed by atoms with van der Waals surface area (Å²) in [7, 11) is 0. The summed E-state index contributed by atoms with van der Waals surface area (Å²) in [6, 6.07) is 16.5. The van der Waals surface area contributed by atoms with Crippen LogP contribution >= 0.6 is 23.4 Å². The van der Waals surface area contributed by atoms with E-state index in [1.807, 2.05) is 44.2 Å². The fourth-order valence-corrected chi connectivity index (χ4v) is 4.38. The van der Waals surface area contributed by atoms with E-state index in [1.54, 1.807) is 42.0 Å². The lowest BCUT2D eigenvalue weighted by molar-refractivity contribution is -0.115. The molecule has 1 amide bonds. The summed E-state index contributed by atoms with van der Waals surface area (Å²) in [5.74, 6) is -0.264. The maximum atomic E-state index is 13.5. The highest BCUT2D eigenvalue weighted by Crippen LogP contribution is 2.28. The molecule has 6 nitrogen and oxygen atoms in total. The smallest absolute Gasteiger partial charge is 0.266 e. The Morgan fingerprint density at radius 3 is 2.69 bits per heavy atom. The van der Waals surface area contributed by atoms with Crippen molar-refractivity contribution in [2.75, 3.05) is 5.32 Å². The van der Waals surface area contributed by atoms with Crippen LogP contribution in [-0.4, -0.2) is 25.7 Å². The SMILES string of the molecule is Cc1ccc(C)c(-n2c(SC(C)C(=O)Nc3cccnc3Cl)nc3ccccc3c2=O)c1. The molecule has 32 heavy (non-hydrogen) atoms. The molecule has 0 bridgehead atoms. The number of fused-ring (bicyclic) bond motifs is 1. The number of aromatic nitrogens is 3. The second-order valence-corrected chi connectivity index (χ2v) is 9.10. The van der Waals surface area contributed by atoms with Crippen molar-refractivity contribution in [1.82, 2.24) is 14.5 Å². The molecule has 0 radical (unpaired) electrons. The first-order chi connectivity index (χ1) is 15.3. The molecule has 0 aliphatic carbocycles. The standard InChI is InChI=1S/C24H21ClN4O2S/c1-14-10-11-15(2)20(13-14)29-23(31)17-7-4-5-8-18(17)28-24(29)32-16(3)22(30)27-19-9-6-12-26-21(19)25/h4-13,16H,1-3H3,(H,27,30). The average molecular weight is 465 g/mol. The van der Waals surface area contributed by atoms with Crippen LogP contribution in [0.1, 0.15) is 18.1 Å². The maximum Gasteiger partial charge on any atom is 0.266 e. The summed E-state index contributed by atoms with van der Waals surface area (Å²) in [5, 5.41) is 3.44. The van der Waals surface area contributed by atoms with E-state index in [0.717, 1.165) is 16.8 Å². The molecular weight excluding hydrogens is 444 g/mol. The number of halogens is 1. The lowest BCUT2D eigenvalue weighted by Gasteiger charge is -2.18. The van der Waals surface area contributed by atoms with Gasteiger partial charge in [0, 0.05) is 6.20 Å². The van der Waals surface area contributed by atoms with Crippen LogP contribution in [-0.2, 0) is 4.79 Å². The van der Waals surface area contributed by atoms with Gasteiger partial charge in [0.15, 0.2) is 10.3 Å². The number of pyridine rings is 1. The predicted molar refractivity (Wildman–Crippen MR) is 130 cm³/mol. The Morgan fingerprint density at radius 1 is 1.12 bits per heavy atom. The van der Waals surface area contributed by atoms with E-state index in [9.17, 15) is 9.59 Å². The van der Waals surface area contributed by atoms with Gasteiger partial charge >= 0.3 is 0 Å². The number of carbonyl (C=O) groups excluding carboxylic acids is 1. The number of para-hydroxylation sites is 1. The van der Waals surface area contributed by atoms with Crippen LogP contribution in [0, 0.1) is 13.8 Å². The number of anilines is 1. The van der Waals surface area contributed by atoms with Crippen LogP contribution in [0.2, 0.25) is 5.15 Å². The van der Waals surface area contributed by atoms with Crippen molar-refractivity contribution in [3.05, 3.63) is 87.4 Å². The molecule has 4 rings (SSSR count). The lowest BCUT2D eigenvalue weighted by atomic mass is 10.1. The van der Waals surface area contributed by atoms with Gasteiger partial charge in [-0.05, 0) is 62.2 Å². The van der Waals surface area contributed by atoms with Crippen LogP contribution in [0.15, 0.2) is 70.7 Å². The number of aryl methyl sites for hydroxylation is 2. The van der Waals surface area contributed by atoms with Gasteiger partial charge in [-0.25, -0.2) is 9.97 Å². The number of carbonyl (C=O) groups is 1. The topological polar surface area (TPSA) is 76.9 Å². The molecule has 2 aromatic carbocycles. The van der Waals surface area contributed by atoms with Gasteiger partial charge in [-0.3, -0.25) is 14.2 Å². The minimum atomic E-state index is -0.546. The fourth-order valence-electron chi connectivity index (χ4n) is 3.29. The minimum absolute atomic E-state index is 0.172. The third kappa shape index (κ3) is 4.40. The molecular formula is C24H21ClN4O2S. The van der Waals surface area contributed by atoms with E-state index in [1.165, 1.54) is 11.8 Å². The Bertz CT molecular complexity index is 1390. The van der Waals surface area contributed by atoms with E-state index in [-0.39, 0.29) is 16.6 Å². The molecule has 0 aliphatic rings. The van der Waals surface area contributed by atoms with Gasteiger partial charge in [-0.1, -0.05) is 47.6 Å². The van der Waals surface area contributed by atoms with Crippen LogP contribution in [0.25, 0.3) is 16.6 Å². The summed E-state index contributed by atoms with van der Waals surface area (Å²) in [5.41, 5.74) is 3.57. The molecule has 4 aromatic rings. The highest BCUT2D eigenvalue weighted by atomic mass is 35.5. The Hall–Kier alpha value is -3.16. The molecule has 8 heteroatoms. The molecule has 0 saturated heterocycles. The number of benzene rings is 2. The number of thioether (sulfide) groups is 1. The van der Waals surface area contributed by atoms with Crippen LogP contribution in [0.5, 0.6) is 0 Å². The highest BCUT2D eigenvalue weighted by molar-refractivity contribution is 8.00. The molecule has 1 N–H and O–H groups in total. The monoisotopic (exact) mass is 464 g/mol. The molecule has 2 aromatic heterocycles. The van der Waals surface area contributed by atoms with E-state index < -0.39 is 5.25 Å². The minimum Gasteiger partial charge on any atom is -0.322 e. The predicted octanol–water partition coefficient (Wildman–Crippen LogP) is 5.17. The molecule has 0 aliphatic heterocycles. The normalized spacial score (nSPS) is 12.0. The van der Waals surface area contributed by atoms with E-state index in [4.69, 9.17) is 16.6 Å². The maximum absolute atomic E-state index is 13.5. The number of rotatable bonds is 5. The first-order valence-corrected chi connectivity index (χ1v) is 11.3. The third-order valence-electron chi connectivity index (χ3n) is 5.02. The van der Waals surface area contributed by atoms with Gasteiger partial charge in [-0.15, -0.1) is 0 Å². The van der Waals surface area contributed by atoms with Crippen molar-refractivity contribution >= 4 is 45.9 Å². The van der Waals surface area contributed by atoms with E-state index in [2.05, 4.69) is 10.3 Å². The van der Waals surface area contributed by atoms with Gasteiger partial charge < -0.3 is 5.32 Å². The van der Waals surface area contributed by atoms with E-state index >= 15 is 0 Å². The van der Waals surface area contributed by atoms with Crippen LogP contribution < -0.4 is 10.9 Å². The Morgan fingerprint density at radius 2 is 1.91 bits per heavy atom. The second-order valence-electron chi connectivity index (χ2n) is 7.43. The van der Waals surface area contributed by atoms with Crippen molar-refractivity contribution in [3.8, 4) is 5.69 Å². The molecule has 162 valence electrons. The molecule has 0 saturated carbocycles. The number of hydrogen-bond acceptors (Lipinski definition) is 5. The molecule has 0 fully saturated rings. The molecule has 0 spiro atoms. The molecule has 2 heterocycles. The van der Waals surface area contributed by atoms with Gasteiger partial charge in [-0.2, -0.15) is 0 Å². The first kappa shape index (κ1) is 22.0. The summed E-state index contributed by atoms with van der Waals surface area (Å²) >= 11 is 7.28. The lowest BCUT2D eigenvalue weighted by Crippen LogP contribution is -2.26. The van der Waals surface area contributed by atoms with Gasteiger partial charge in [0.2, 0.25) is 5.91 Å². The van der Waals surface area contributed by atoms with E-state index in [0.29, 0.717) is 21.7 Å². The Balaban J connectivity index is 1.77. The molecule has 1 atom stereocenters. The zero-order valence-corrected chi connectivity index (χ0v) is 19.4. The second kappa shape index (κ2) is 9.14. The highest BCUT2D eigenvalue weighted by Gasteiger charge is 2.21. The number of amides is 1. The summed E-state index contributed by atoms with van der Waals surface area (Å²) in [6.45, 7) is 5.69. The fraction of sp³-hybridized carbons (Fsp3) is 0.167. The van der Waals surface area contributed by atoms with Crippen molar-refractivity contribution in [1.29, 1.82) is 0 Å². The zero-order valence-electron chi connectivity index (χ0n) is 17.8. The largest absolute Gasteiger partial charge is 0.322 e. The molecule has 1 unspecified atom stereocenters. The average Bonchev–Trinajstić information content (AvgIpc) is 2.77. The number of hydrogen-bond donors (Lipinski definition) is 1. The summed E-state index contributed by atoms with van der Waals surface area (Å²) < 4.78 is 1.59.